The second kappa shape index (κ2) is 6.93. The van der Waals surface area contributed by atoms with Gasteiger partial charge in [0.1, 0.15) is 0 Å². The lowest BCUT2D eigenvalue weighted by Gasteiger charge is -2.30. The number of carboxylic acids is 1. The van der Waals surface area contributed by atoms with Crippen molar-refractivity contribution in [2.24, 2.45) is 0 Å². The average molecular weight is 241 g/mol. The number of hydrogen-bond donors (Lipinski definition) is 1. The zero-order chi connectivity index (χ0) is 12.7. The molecule has 1 atom stereocenters. The summed E-state index contributed by atoms with van der Waals surface area (Å²) in [6, 6.07) is -0.379. The van der Waals surface area contributed by atoms with Crippen molar-refractivity contribution in [2.45, 2.75) is 38.6 Å². The second-order valence-corrected chi connectivity index (χ2v) is 4.04. The van der Waals surface area contributed by atoms with E-state index in [1.807, 2.05) is 13.0 Å². The van der Waals surface area contributed by atoms with E-state index in [2.05, 4.69) is 0 Å². The van der Waals surface area contributed by atoms with E-state index < -0.39 is 12.1 Å². The van der Waals surface area contributed by atoms with Crippen LogP contribution in [0.1, 0.15) is 32.6 Å². The topological polar surface area (TPSA) is 66.8 Å². The maximum atomic E-state index is 11.7. The van der Waals surface area contributed by atoms with Gasteiger partial charge in [0, 0.05) is 6.54 Å². The van der Waals surface area contributed by atoms with Gasteiger partial charge in [0.15, 0.2) is 0 Å². The van der Waals surface area contributed by atoms with E-state index in [4.69, 9.17) is 9.84 Å². The number of rotatable bonds is 5. The van der Waals surface area contributed by atoms with Gasteiger partial charge >= 0.3 is 12.1 Å². The maximum Gasteiger partial charge on any atom is 0.410 e. The fourth-order valence-corrected chi connectivity index (χ4v) is 1.71. The molecule has 0 bridgehead atoms. The van der Waals surface area contributed by atoms with Crippen LogP contribution in [0.15, 0.2) is 12.2 Å². The van der Waals surface area contributed by atoms with Crippen molar-refractivity contribution in [3.63, 3.8) is 0 Å². The number of carbonyl (C=O) groups excluding carboxylic acids is 1. The Kier molecular flexibility index (Phi) is 5.52. The van der Waals surface area contributed by atoms with Gasteiger partial charge in [-0.15, -0.1) is 0 Å². The molecule has 1 aliphatic rings. The molecule has 0 fully saturated rings. The molecule has 17 heavy (non-hydrogen) atoms. The molecule has 1 unspecified atom stereocenters. The first-order chi connectivity index (χ1) is 8.15. The summed E-state index contributed by atoms with van der Waals surface area (Å²) in [5.41, 5.74) is 0. The first-order valence-electron chi connectivity index (χ1n) is 5.97. The van der Waals surface area contributed by atoms with Crippen molar-refractivity contribution in [3.8, 4) is 0 Å². The molecule has 1 rings (SSSR count). The zero-order valence-corrected chi connectivity index (χ0v) is 10.1. The van der Waals surface area contributed by atoms with Crippen LogP contribution in [-0.4, -0.2) is 41.3 Å². The fraction of sp³-hybridized carbons (Fsp3) is 0.667. The molecule has 0 aliphatic carbocycles. The van der Waals surface area contributed by atoms with Crippen LogP contribution in [0.3, 0.4) is 0 Å². The van der Waals surface area contributed by atoms with Crippen LogP contribution in [0.25, 0.3) is 0 Å². The third-order valence-electron chi connectivity index (χ3n) is 2.64. The molecule has 0 aromatic carbocycles. The molecule has 0 spiro atoms. The van der Waals surface area contributed by atoms with Crippen molar-refractivity contribution in [1.29, 1.82) is 0 Å². The van der Waals surface area contributed by atoms with Crippen LogP contribution < -0.4 is 0 Å². The number of nitrogens with zero attached hydrogens (tertiary/aromatic N) is 1. The van der Waals surface area contributed by atoms with Gasteiger partial charge in [0.05, 0.1) is 19.1 Å². The number of aliphatic carboxylic acids is 1. The monoisotopic (exact) mass is 241 g/mol. The van der Waals surface area contributed by atoms with Crippen LogP contribution in [0, 0.1) is 0 Å². The molecule has 5 heteroatoms. The molecule has 1 amide bonds. The van der Waals surface area contributed by atoms with E-state index in [1.54, 1.807) is 6.08 Å². The number of unbranched alkanes of at least 4 members (excludes halogenated alkanes) is 1. The molecule has 0 saturated heterocycles. The van der Waals surface area contributed by atoms with Gasteiger partial charge in [-0.3, -0.25) is 4.79 Å². The SMILES string of the molecule is CCCCOC(=O)N1CCC=CC1CC(=O)O. The molecule has 5 nitrogen and oxygen atoms in total. The van der Waals surface area contributed by atoms with Gasteiger partial charge in [-0.25, -0.2) is 4.79 Å². The summed E-state index contributed by atoms with van der Waals surface area (Å²) in [5, 5.41) is 8.77. The van der Waals surface area contributed by atoms with Crippen LogP contribution in [0.2, 0.25) is 0 Å². The summed E-state index contributed by atoms with van der Waals surface area (Å²) >= 11 is 0. The Morgan fingerprint density at radius 2 is 2.29 bits per heavy atom. The summed E-state index contributed by atoms with van der Waals surface area (Å²) in [6.07, 6.45) is 5.74. The Morgan fingerprint density at radius 3 is 2.94 bits per heavy atom. The van der Waals surface area contributed by atoms with Gasteiger partial charge < -0.3 is 14.7 Å². The highest BCUT2D eigenvalue weighted by Crippen LogP contribution is 2.14. The maximum absolute atomic E-state index is 11.7. The lowest BCUT2D eigenvalue weighted by molar-refractivity contribution is -0.137. The quantitative estimate of drug-likeness (QED) is 0.590. The van der Waals surface area contributed by atoms with E-state index in [0.29, 0.717) is 13.2 Å². The first-order valence-corrected chi connectivity index (χ1v) is 5.97. The summed E-state index contributed by atoms with van der Waals surface area (Å²) in [7, 11) is 0. The Balaban J connectivity index is 2.50. The number of hydrogen-bond acceptors (Lipinski definition) is 3. The van der Waals surface area contributed by atoms with Gasteiger partial charge in [-0.05, 0) is 12.8 Å². The molecule has 96 valence electrons. The first kappa shape index (κ1) is 13.5. The number of ether oxygens (including phenoxy) is 1. The molecular formula is C12H19NO4. The minimum Gasteiger partial charge on any atom is -0.481 e. The van der Waals surface area contributed by atoms with Crippen LogP contribution in [0.5, 0.6) is 0 Å². The van der Waals surface area contributed by atoms with Crippen molar-refractivity contribution >= 4 is 12.1 Å². The normalized spacial score (nSPS) is 19.1. The molecule has 1 N–H and O–H groups in total. The van der Waals surface area contributed by atoms with Gasteiger partial charge in [-0.1, -0.05) is 25.5 Å². The van der Waals surface area contributed by atoms with E-state index in [9.17, 15) is 9.59 Å². The fourth-order valence-electron chi connectivity index (χ4n) is 1.71. The minimum atomic E-state index is -0.909. The Hall–Kier alpha value is -1.52. The summed E-state index contributed by atoms with van der Waals surface area (Å²) in [6.45, 7) is 2.94. The summed E-state index contributed by atoms with van der Waals surface area (Å²) < 4.78 is 5.09. The highest BCUT2D eigenvalue weighted by atomic mass is 16.6. The third kappa shape index (κ3) is 4.46. The van der Waals surface area contributed by atoms with Crippen molar-refractivity contribution < 1.29 is 19.4 Å². The molecule has 0 aromatic rings. The predicted molar refractivity (Wildman–Crippen MR) is 62.8 cm³/mol. The second-order valence-electron chi connectivity index (χ2n) is 4.04. The molecule has 0 radical (unpaired) electrons. The third-order valence-corrected chi connectivity index (χ3v) is 2.64. The number of carboxylic acid groups (broad SMARTS) is 1. The lowest BCUT2D eigenvalue weighted by atomic mass is 10.1. The van der Waals surface area contributed by atoms with Crippen LogP contribution in [-0.2, 0) is 9.53 Å². The number of carbonyl (C=O) groups is 2. The highest BCUT2D eigenvalue weighted by molar-refractivity contribution is 5.72. The van der Waals surface area contributed by atoms with Crippen molar-refractivity contribution in [1.82, 2.24) is 4.90 Å². The molecule has 1 aliphatic heterocycles. The Bertz CT molecular complexity index is 301. The Labute approximate surface area is 101 Å². The van der Waals surface area contributed by atoms with Crippen LogP contribution >= 0.6 is 0 Å². The van der Waals surface area contributed by atoms with Crippen LogP contribution in [0.4, 0.5) is 4.79 Å². The average Bonchev–Trinajstić information content (AvgIpc) is 2.29. The lowest BCUT2D eigenvalue weighted by Crippen LogP contribution is -2.43. The van der Waals surface area contributed by atoms with Gasteiger partial charge in [0.2, 0.25) is 0 Å². The molecular weight excluding hydrogens is 222 g/mol. The molecule has 0 saturated carbocycles. The van der Waals surface area contributed by atoms with E-state index >= 15 is 0 Å². The standard InChI is InChI=1S/C12H19NO4/c1-2-3-8-17-12(16)13-7-5-4-6-10(13)9-11(14)15/h4,6,10H,2-3,5,7-9H2,1H3,(H,14,15). The zero-order valence-electron chi connectivity index (χ0n) is 10.1. The highest BCUT2D eigenvalue weighted by Gasteiger charge is 2.26. The van der Waals surface area contributed by atoms with E-state index in [-0.39, 0.29) is 12.5 Å². The van der Waals surface area contributed by atoms with Gasteiger partial charge in [0.25, 0.3) is 0 Å². The molecule has 1 heterocycles. The predicted octanol–water partition coefficient (Wildman–Crippen LogP) is 2.03. The molecule has 0 aromatic heterocycles. The van der Waals surface area contributed by atoms with E-state index in [1.165, 1.54) is 4.90 Å². The smallest absolute Gasteiger partial charge is 0.410 e. The summed E-state index contributed by atoms with van der Waals surface area (Å²) in [5.74, 6) is -0.909. The largest absolute Gasteiger partial charge is 0.481 e. The Morgan fingerprint density at radius 1 is 1.53 bits per heavy atom. The number of amides is 1. The summed E-state index contributed by atoms with van der Waals surface area (Å²) in [4.78, 5) is 23.9. The van der Waals surface area contributed by atoms with Gasteiger partial charge in [-0.2, -0.15) is 0 Å². The van der Waals surface area contributed by atoms with E-state index in [0.717, 1.165) is 19.3 Å². The van der Waals surface area contributed by atoms with Crippen molar-refractivity contribution in [3.05, 3.63) is 12.2 Å². The minimum absolute atomic E-state index is 0.0701. The van der Waals surface area contributed by atoms with Crippen molar-refractivity contribution in [2.75, 3.05) is 13.2 Å².